The Labute approximate surface area is 121 Å². The lowest BCUT2D eigenvalue weighted by Gasteiger charge is -2.18. The highest BCUT2D eigenvalue weighted by Crippen LogP contribution is 2.11. The monoisotopic (exact) mass is 300 g/mol. The van der Waals surface area contributed by atoms with Crippen molar-refractivity contribution >= 4 is 15.9 Å². The maximum atomic E-state index is 12.1. The van der Waals surface area contributed by atoms with Crippen LogP contribution in [0.1, 0.15) is 25.8 Å². The molecule has 0 aliphatic heterocycles. The lowest BCUT2D eigenvalue weighted by molar-refractivity contribution is 0.451. The molecule has 0 saturated heterocycles. The molecule has 0 aliphatic carbocycles. The van der Waals surface area contributed by atoms with Crippen LogP contribution < -0.4 is 10.0 Å². The van der Waals surface area contributed by atoms with E-state index in [1.807, 2.05) is 6.92 Å². The van der Waals surface area contributed by atoms with Gasteiger partial charge in [-0.3, -0.25) is 9.71 Å². The first-order valence-electron chi connectivity index (χ1n) is 6.70. The molecule has 2 N–H and O–H groups in total. The second kappa shape index (κ2) is 7.56. The molecule has 0 unspecified atom stereocenters. The summed E-state index contributed by atoms with van der Waals surface area (Å²) < 4.78 is 28.1. The zero-order chi connectivity index (χ0) is 15.2. The summed E-state index contributed by atoms with van der Waals surface area (Å²) in [6.07, 6.45) is 3.94. The van der Waals surface area contributed by atoms with Crippen molar-refractivity contribution < 1.29 is 8.42 Å². The van der Waals surface area contributed by atoms with Gasteiger partial charge in [-0.15, -0.1) is 0 Å². The molecule has 0 spiro atoms. The van der Waals surface area contributed by atoms with Gasteiger partial charge < -0.3 is 5.32 Å². The fraction of sp³-hybridized carbons (Fsp3) is 0.615. The molecule has 0 amide bonds. The number of aromatic nitrogens is 1. The Morgan fingerprint density at radius 3 is 2.65 bits per heavy atom. The van der Waals surface area contributed by atoms with Crippen molar-refractivity contribution in [1.82, 2.24) is 14.6 Å². The molecule has 6 nitrogen and oxygen atoms in total. The summed E-state index contributed by atoms with van der Waals surface area (Å²) >= 11 is 0. The van der Waals surface area contributed by atoms with Crippen LogP contribution in [0.5, 0.6) is 0 Å². The van der Waals surface area contributed by atoms with Crippen LogP contribution in [0.15, 0.2) is 18.5 Å². The molecule has 7 heteroatoms. The summed E-state index contributed by atoms with van der Waals surface area (Å²) in [5, 5.41) is 3.26. The molecule has 1 aromatic rings. The molecule has 20 heavy (non-hydrogen) atoms. The van der Waals surface area contributed by atoms with Gasteiger partial charge in [0.2, 0.25) is 0 Å². The first-order valence-corrected chi connectivity index (χ1v) is 8.14. The highest BCUT2D eigenvalue weighted by atomic mass is 32.2. The van der Waals surface area contributed by atoms with Gasteiger partial charge in [0.25, 0.3) is 0 Å². The quantitative estimate of drug-likeness (QED) is 0.711. The molecule has 0 aromatic carbocycles. The Morgan fingerprint density at radius 2 is 2.05 bits per heavy atom. The van der Waals surface area contributed by atoms with Gasteiger partial charge in [-0.25, -0.2) is 0 Å². The molecule has 1 rings (SSSR count). The average molecular weight is 300 g/mol. The summed E-state index contributed by atoms with van der Waals surface area (Å²) in [5.74, 6) is 0. The normalized spacial score (nSPS) is 12.1. The van der Waals surface area contributed by atoms with Crippen molar-refractivity contribution in [3.05, 3.63) is 24.0 Å². The standard InChI is InChI=1S/C13H24N4O2S/c1-11(2)15-6-5-7-17(4)20(18,19)16-13-8-12(3)9-14-10-13/h8-11,15-16H,5-7H2,1-4H3. The Balaban J connectivity index is 2.51. The molecule has 0 aliphatic rings. The maximum absolute atomic E-state index is 12.1. The minimum Gasteiger partial charge on any atom is -0.314 e. The highest BCUT2D eigenvalue weighted by Gasteiger charge is 2.17. The Kier molecular flexibility index (Phi) is 6.38. The minimum atomic E-state index is -3.52. The molecular formula is C13H24N4O2S. The predicted molar refractivity (Wildman–Crippen MR) is 81.9 cm³/mol. The fourth-order valence-corrected chi connectivity index (χ4v) is 2.59. The number of aryl methyl sites for hydroxylation is 1. The summed E-state index contributed by atoms with van der Waals surface area (Å²) in [5.41, 5.74) is 1.39. The van der Waals surface area contributed by atoms with Crippen molar-refractivity contribution in [1.29, 1.82) is 0 Å². The second-order valence-corrected chi connectivity index (χ2v) is 6.92. The van der Waals surface area contributed by atoms with Crippen LogP contribution >= 0.6 is 0 Å². The van der Waals surface area contributed by atoms with E-state index in [2.05, 4.69) is 28.9 Å². The molecule has 0 saturated carbocycles. The molecule has 1 heterocycles. The Hall–Kier alpha value is -1.18. The van der Waals surface area contributed by atoms with Gasteiger partial charge in [-0.05, 0) is 31.5 Å². The van der Waals surface area contributed by atoms with Crippen molar-refractivity contribution in [3.63, 3.8) is 0 Å². The number of hydrogen-bond donors (Lipinski definition) is 2. The van der Waals surface area contributed by atoms with Gasteiger partial charge in [0.1, 0.15) is 0 Å². The van der Waals surface area contributed by atoms with Crippen LogP contribution in [-0.2, 0) is 10.2 Å². The SMILES string of the molecule is Cc1cncc(NS(=O)(=O)N(C)CCCNC(C)C)c1. The fourth-order valence-electron chi connectivity index (χ4n) is 1.65. The summed E-state index contributed by atoms with van der Waals surface area (Å²) in [6.45, 7) is 7.25. The van der Waals surface area contributed by atoms with Crippen LogP contribution in [0.3, 0.4) is 0 Å². The van der Waals surface area contributed by atoms with E-state index in [1.165, 1.54) is 10.5 Å². The van der Waals surface area contributed by atoms with E-state index in [0.717, 1.165) is 18.5 Å². The smallest absolute Gasteiger partial charge is 0.301 e. The topological polar surface area (TPSA) is 74.3 Å². The second-order valence-electron chi connectivity index (χ2n) is 5.14. The molecular weight excluding hydrogens is 276 g/mol. The predicted octanol–water partition coefficient (Wildman–Crippen LogP) is 1.37. The van der Waals surface area contributed by atoms with Crippen LogP contribution in [0.25, 0.3) is 0 Å². The number of hydrogen-bond acceptors (Lipinski definition) is 4. The molecule has 0 atom stereocenters. The van der Waals surface area contributed by atoms with E-state index in [0.29, 0.717) is 18.3 Å². The van der Waals surface area contributed by atoms with Gasteiger partial charge in [0.05, 0.1) is 11.9 Å². The zero-order valence-corrected chi connectivity index (χ0v) is 13.4. The van der Waals surface area contributed by atoms with Crippen LogP contribution in [-0.4, -0.2) is 43.9 Å². The summed E-state index contributed by atoms with van der Waals surface area (Å²) in [4.78, 5) is 3.97. The summed E-state index contributed by atoms with van der Waals surface area (Å²) in [6, 6.07) is 2.16. The minimum absolute atomic E-state index is 0.411. The van der Waals surface area contributed by atoms with Crippen molar-refractivity contribution in [2.45, 2.75) is 33.2 Å². The number of nitrogens with one attached hydrogen (secondary N) is 2. The number of anilines is 1. The molecule has 0 fully saturated rings. The van der Waals surface area contributed by atoms with E-state index in [4.69, 9.17) is 0 Å². The first kappa shape index (κ1) is 16.9. The molecule has 1 aromatic heterocycles. The molecule has 0 radical (unpaired) electrons. The van der Waals surface area contributed by atoms with Gasteiger partial charge >= 0.3 is 10.2 Å². The van der Waals surface area contributed by atoms with Crippen molar-refractivity contribution in [2.24, 2.45) is 0 Å². The Morgan fingerprint density at radius 1 is 1.35 bits per heavy atom. The van der Waals surface area contributed by atoms with E-state index in [-0.39, 0.29) is 0 Å². The van der Waals surface area contributed by atoms with Crippen molar-refractivity contribution in [2.75, 3.05) is 24.9 Å². The van der Waals surface area contributed by atoms with E-state index < -0.39 is 10.2 Å². The van der Waals surface area contributed by atoms with Crippen LogP contribution in [0, 0.1) is 6.92 Å². The van der Waals surface area contributed by atoms with E-state index >= 15 is 0 Å². The molecule has 0 bridgehead atoms. The Bertz CT molecular complexity index is 517. The highest BCUT2D eigenvalue weighted by molar-refractivity contribution is 7.90. The largest absolute Gasteiger partial charge is 0.314 e. The van der Waals surface area contributed by atoms with Crippen LogP contribution in [0.2, 0.25) is 0 Å². The first-order chi connectivity index (χ1) is 9.31. The van der Waals surface area contributed by atoms with E-state index in [1.54, 1.807) is 19.3 Å². The van der Waals surface area contributed by atoms with Crippen molar-refractivity contribution in [3.8, 4) is 0 Å². The average Bonchev–Trinajstić information content (AvgIpc) is 2.33. The zero-order valence-electron chi connectivity index (χ0n) is 12.5. The maximum Gasteiger partial charge on any atom is 0.301 e. The third-order valence-electron chi connectivity index (χ3n) is 2.73. The van der Waals surface area contributed by atoms with Gasteiger partial charge in [-0.1, -0.05) is 13.8 Å². The van der Waals surface area contributed by atoms with Gasteiger partial charge in [0.15, 0.2) is 0 Å². The molecule has 114 valence electrons. The third kappa shape index (κ3) is 5.85. The van der Waals surface area contributed by atoms with E-state index in [9.17, 15) is 8.42 Å². The third-order valence-corrected chi connectivity index (χ3v) is 4.23. The number of rotatable bonds is 8. The lowest BCUT2D eigenvalue weighted by Crippen LogP contribution is -2.35. The van der Waals surface area contributed by atoms with Crippen LogP contribution in [0.4, 0.5) is 5.69 Å². The number of nitrogens with zero attached hydrogens (tertiary/aromatic N) is 2. The number of pyridine rings is 1. The van der Waals surface area contributed by atoms with Gasteiger partial charge in [0, 0.05) is 25.8 Å². The van der Waals surface area contributed by atoms with Gasteiger partial charge in [-0.2, -0.15) is 12.7 Å². The summed E-state index contributed by atoms with van der Waals surface area (Å²) in [7, 11) is -1.94. The lowest BCUT2D eigenvalue weighted by atomic mass is 10.3.